The van der Waals surface area contributed by atoms with E-state index < -0.39 is 43.4 Å². The molecule has 8 bridgehead atoms. The van der Waals surface area contributed by atoms with Crippen LogP contribution in [0.1, 0.15) is 163 Å². The highest BCUT2D eigenvalue weighted by atomic mass is 31.1. The molecule has 1 aromatic rings. The average molecular weight is 823 g/mol. The minimum Gasteiger partial charge on any atom is -0.496 e. The smallest absolute Gasteiger partial charge is 0.161 e. The van der Waals surface area contributed by atoms with Gasteiger partial charge in [-0.25, -0.2) is 17.6 Å². The van der Waals surface area contributed by atoms with Crippen LogP contribution < -0.4 is 10.0 Å². The SMILES string of the molecule is CCCC[C@H]1C(F)=C(F)C(C2C(C(C)C)C(c3cccc(OC)c3P(C34CC5CC(CC(C5)C3)C4)C34CC5CC(CC(C5)C3)C4)C(C(C)C)C[C@H]2C(C)C)=C(F)[C@H]1F. The molecule has 0 spiro atoms. The number of hydrogen-bond acceptors (Lipinski definition) is 1. The molecule has 1 nitrogen and oxygen atoms in total. The fourth-order valence-electron chi connectivity index (χ4n) is 17.2. The van der Waals surface area contributed by atoms with Gasteiger partial charge in [0.25, 0.3) is 0 Å². The van der Waals surface area contributed by atoms with E-state index in [1.165, 1.54) is 87.9 Å². The first kappa shape index (κ1) is 42.0. The van der Waals surface area contributed by atoms with Crippen LogP contribution in [0, 0.1) is 82.9 Å². The quantitative estimate of drug-likeness (QED) is 0.151. The fraction of sp³-hybridized carbons (Fsp3) is 0.808. The normalized spacial score (nSPS) is 43.7. The molecule has 0 aromatic heterocycles. The number of allylic oxidation sites excluding steroid dienone is 4. The molecule has 7 atom stereocenters. The molecule has 0 heterocycles. The number of ether oxygens (including phenoxy) is 1. The van der Waals surface area contributed by atoms with Gasteiger partial charge >= 0.3 is 0 Å². The van der Waals surface area contributed by atoms with Gasteiger partial charge in [-0.3, -0.25) is 0 Å². The van der Waals surface area contributed by atoms with E-state index in [9.17, 15) is 0 Å². The second-order valence-corrected chi connectivity index (χ2v) is 26.0. The monoisotopic (exact) mass is 823 g/mol. The van der Waals surface area contributed by atoms with Gasteiger partial charge in [-0.05, 0) is 195 Å². The number of hydrogen-bond donors (Lipinski definition) is 0. The molecule has 4 unspecified atom stereocenters. The summed E-state index contributed by atoms with van der Waals surface area (Å²) in [7, 11) is 1.22. The lowest BCUT2D eigenvalue weighted by atomic mass is 9.51. The van der Waals surface area contributed by atoms with Gasteiger partial charge in [-0.2, -0.15) is 0 Å². The lowest BCUT2D eigenvalue weighted by molar-refractivity contribution is 0.0186. The highest BCUT2D eigenvalue weighted by molar-refractivity contribution is 7.69. The van der Waals surface area contributed by atoms with Crippen LogP contribution >= 0.6 is 7.92 Å². The molecule has 0 N–H and O–H groups in total. The Hall–Kier alpha value is -1.35. The summed E-state index contributed by atoms with van der Waals surface area (Å²) in [6.07, 6.45) is 16.7. The summed E-state index contributed by atoms with van der Waals surface area (Å²) in [5, 5.41) is 2.12. The first-order valence-electron chi connectivity index (χ1n) is 24.2. The maximum atomic E-state index is 17.0. The average Bonchev–Trinajstić information content (AvgIpc) is 3.15. The van der Waals surface area contributed by atoms with E-state index in [1.807, 2.05) is 14.0 Å². The van der Waals surface area contributed by atoms with Crippen LogP contribution in [0.25, 0.3) is 0 Å². The minimum absolute atomic E-state index is 0.00929. The molecule has 0 aliphatic heterocycles. The second kappa shape index (κ2) is 15.8. The number of methoxy groups -OCH3 is 1. The van der Waals surface area contributed by atoms with Crippen molar-refractivity contribution in [1.29, 1.82) is 0 Å². The van der Waals surface area contributed by atoms with E-state index in [4.69, 9.17) is 4.74 Å². The summed E-state index contributed by atoms with van der Waals surface area (Å²) in [5.41, 5.74) is 1.11. The van der Waals surface area contributed by atoms with Crippen LogP contribution in [0.3, 0.4) is 0 Å². The van der Waals surface area contributed by atoms with Gasteiger partial charge in [0.15, 0.2) is 12.0 Å². The Bertz CT molecular complexity index is 1640. The summed E-state index contributed by atoms with van der Waals surface area (Å²) < 4.78 is 73.3. The van der Waals surface area contributed by atoms with Crippen molar-refractivity contribution in [2.75, 3.05) is 7.11 Å². The topological polar surface area (TPSA) is 9.23 Å². The number of unbranched alkanes of at least 4 members (excludes halogenated alkanes) is 1. The summed E-state index contributed by atoms with van der Waals surface area (Å²) >= 11 is 0. The lowest BCUT2D eigenvalue weighted by Crippen LogP contribution is -2.58. The fourth-order valence-corrected chi connectivity index (χ4v) is 22.6. The zero-order valence-electron chi connectivity index (χ0n) is 37.2. The van der Waals surface area contributed by atoms with E-state index in [0.717, 1.165) is 54.1 Å². The molecule has 0 radical (unpaired) electrons. The zero-order chi connectivity index (χ0) is 41.0. The maximum absolute atomic E-state index is 17.0. The molecule has 58 heavy (non-hydrogen) atoms. The standard InChI is InChI=1S/C52H75F4OP/c1-9-10-12-38-46(53)48(55)45(49(56)47(38)54)44-40(29(4)5)21-39(28(2)3)43(42(44)30(6)7)37-13-11-14-41(57-8)50(37)58(51-22-31-15-32(23-51)17-33(16-31)24-51)52-25-34-18-35(26-52)20-36(19-34)27-52/h11,13-14,28-36,38-40,42-44,46H,9-10,12,15-27H2,1-8H3/t31?,32?,33?,34?,35?,36?,38-,39?,40+,42?,43?,44?,46+,51?,52?,58?/m1/s1. The first-order valence-corrected chi connectivity index (χ1v) is 25.6. The molecule has 0 saturated heterocycles. The van der Waals surface area contributed by atoms with Crippen LogP contribution in [0.4, 0.5) is 17.6 Å². The highest BCUT2D eigenvalue weighted by Crippen LogP contribution is 2.79. The van der Waals surface area contributed by atoms with Gasteiger partial charge in [0.2, 0.25) is 0 Å². The molecule has 11 rings (SSSR count). The van der Waals surface area contributed by atoms with Crippen LogP contribution in [0.2, 0.25) is 0 Å². The Morgan fingerprint density at radius 2 is 1.16 bits per heavy atom. The van der Waals surface area contributed by atoms with Crippen molar-refractivity contribution >= 4 is 13.2 Å². The molecule has 10 aliphatic rings. The van der Waals surface area contributed by atoms with E-state index in [0.29, 0.717) is 22.7 Å². The van der Waals surface area contributed by atoms with Crippen molar-refractivity contribution in [2.24, 2.45) is 82.9 Å². The molecule has 0 amide bonds. The van der Waals surface area contributed by atoms with E-state index in [1.54, 1.807) is 0 Å². The van der Waals surface area contributed by atoms with Crippen LogP contribution in [0.15, 0.2) is 41.3 Å². The van der Waals surface area contributed by atoms with Gasteiger partial charge in [0.05, 0.1) is 13.0 Å². The van der Waals surface area contributed by atoms with Gasteiger partial charge in [0.1, 0.15) is 17.4 Å². The van der Waals surface area contributed by atoms with Crippen molar-refractivity contribution in [1.82, 2.24) is 0 Å². The van der Waals surface area contributed by atoms with Crippen molar-refractivity contribution in [3.63, 3.8) is 0 Å². The zero-order valence-corrected chi connectivity index (χ0v) is 38.0. The van der Waals surface area contributed by atoms with Gasteiger partial charge in [0, 0.05) is 10.9 Å². The van der Waals surface area contributed by atoms with E-state index in [-0.39, 0.29) is 47.5 Å². The lowest BCUT2D eigenvalue weighted by Gasteiger charge is -2.68. The molecule has 9 saturated carbocycles. The number of benzene rings is 1. The third kappa shape index (κ3) is 6.75. The Morgan fingerprint density at radius 1 is 0.672 bits per heavy atom. The van der Waals surface area contributed by atoms with Gasteiger partial charge in [-0.15, -0.1) is 0 Å². The third-order valence-electron chi connectivity index (χ3n) is 18.4. The summed E-state index contributed by atoms with van der Waals surface area (Å²) in [6, 6.07) is 6.89. The largest absolute Gasteiger partial charge is 0.496 e. The summed E-state index contributed by atoms with van der Waals surface area (Å²) in [6.45, 7) is 15.4. The molecular weight excluding hydrogens is 748 g/mol. The third-order valence-corrected chi connectivity index (χ3v) is 22.3. The highest BCUT2D eigenvalue weighted by Gasteiger charge is 2.65. The molecule has 1 aromatic carbocycles. The first-order chi connectivity index (χ1) is 27.7. The molecule has 6 heteroatoms. The van der Waals surface area contributed by atoms with Crippen LogP contribution in [-0.2, 0) is 0 Å². The maximum Gasteiger partial charge on any atom is 0.161 e. The Morgan fingerprint density at radius 3 is 1.59 bits per heavy atom. The predicted molar refractivity (Wildman–Crippen MR) is 232 cm³/mol. The summed E-state index contributed by atoms with van der Waals surface area (Å²) in [5.74, 6) is 1.29. The Balaban J connectivity index is 1.26. The minimum atomic E-state index is -2.14. The molecule has 10 aliphatic carbocycles. The molecule has 322 valence electrons. The van der Waals surface area contributed by atoms with E-state index >= 15 is 17.6 Å². The van der Waals surface area contributed by atoms with Crippen LogP contribution in [-0.4, -0.2) is 23.6 Å². The van der Waals surface area contributed by atoms with Crippen molar-refractivity contribution < 1.29 is 22.3 Å². The van der Waals surface area contributed by atoms with E-state index in [2.05, 4.69) is 59.7 Å². The second-order valence-electron chi connectivity index (χ2n) is 23.0. The number of halogens is 4. The van der Waals surface area contributed by atoms with Crippen LogP contribution in [0.5, 0.6) is 5.75 Å². The number of alkyl halides is 1. The van der Waals surface area contributed by atoms with Crippen molar-refractivity contribution in [3.05, 3.63) is 46.8 Å². The van der Waals surface area contributed by atoms with Gasteiger partial charge < -0.3 is 4.74 Å². The molecular formula is C52H75F4OP. The van der Waals surface area contributed by atoms with Crippen molar-refractivity contribution in [2.45, 2.75) is 174 Å². The predicted octanol–water partition coefficient (Wildman–Crippen LogP) is 15.2. The molecule has 9 fully saturated rings. The van der Waals surface area contributed by atoms with Gasteiger partial charge in [-0.1, -0.05) is 81.4 Å². The number of rotatable bonds is 12. The summed E-state index contributed by atoms with van der Waals surface area (Å²) in [4.78, 5) is 0. The Labute approximate surface area is 350 Å². The Kier molecular flexibility index (Phi) is 11.4. The van der Waals surface area contributed by atoms with Crippen molar-refractivity contribution in [3.8, 4) is 5.75 Å².